The van der Waals surface area contributed by atoms with Gasteiger partial charge in [-0.15, -0.1) is 0 Å². The lowest BCUT2D eigenvalue weighted by molar-refractivity contribution is -0.126. The first-order chi connectivity index (χ1) is 4.52. The molecule has 1 saturated heterocycles. The molecule has 0 aromatic heterocycles. The maximum atomic E-state index is 10.8. The average Bonchev–Trinajstić information content (AvgIpc) is 2.11. The zero-order valence-corrected chi connectivity index (χ0v) is 3.98. The molecule has 0 atom stereocenters. The lowest BCUT2D eigenvalue weighted by Crippen LogP contribution is -2.17. The Kier molecular flexibility index (Phi) is 0.470. The number of hydrogen-bond donors (Lipinski definition) is 0. The van der Waals surface area contributed by atoms with Crippen LogP contribution in [0.1, 0.15) is 17.0 Å². The highest BCUT2D eigenvalue weighted by molar-refractivity contribution is 5.77. The first kappa shape index (κ1) is 2.16. The highest BCUT2D eigenvalue weighted by Crippen LogP contribution is 2.04. The summed E-state index contributed by atoms with van der Waals surface area (Å²) in [5, 5.41) is 0. The molecule has 0 radical (unpaired) electrons. The zero-order chi connectivity index (χ0) is 7.78. The fourth-order valence-corrected chi connectivity index (χ4v) is 0.648. The molecule has 40 valence electrons. The first-order valence-corrected chi connectivity index (χ1v) is 2.32. The lowest BCUT2D eigenvalue weighted by atomic mass is 10.4. The maximum Gasteiger partial charge on any atom is 0.222 e. The van der Waals surface area contributed by atoms with Crippen LogP contribution in [0.15, 0.2) is 0 Å². The monoisotopic (exact) mass is 102 g/mol. The molecule has 1 amide bonds. The molecule has 0 spiro atoms. The normalized spacial score (nSPS) is 29.4. The Morgan fingerprint density at radius 3 is 3.14 bits per heavy atom. The van der Waals surface area contributed by atoms with Crippen molar-refractivity contribution in [2.24, 2.45) is 0 Å². The zero-order valence-electron chi connectivity index (χ0n) is 6.98. The molecule has 0 aliphatic carbocycles. The Hall–Kier alpha value is -0.530. The minimum atomic E-state index is -2.21. The second-order valence-electron chi connectivity index (χ2n) is 1.65. The van der Waals surface area contributed by atoms with Gasteiger partial charge in [-0.25, -0.2) is 0 Å². The van der Waals surface area contributed by atoms with Crippen molar-refractivity contribution >= 4 is 5.91 Å². The predicted octanol–water partition coefficient (Wildman–Crippen LogP) is 0.239. The van der Waals surface area contributed by atoms with Gasteiger partial charge in [0.05, 0.1) is 0 Å². The van der Waals surface area contributed by atoms with Crippen LogP contribution in [-0.2, 0) is 4.79 Å². The van der Waals surface area contributed by atoms with Crippen molar-refractivity contribution in [1.29, 1.82) is 0 Å². The molecule has 1 aliphatic heterocycles. The third-order valence-electron chi connectivity index (χ3n) is 1.07. The van der Waals surface area contributed by atoms with Crippen LogP contribution in [0.5, 0.6) is 0 Å². The Bertz CT molecular complexity index is 153. The summed E-state index contributed by atoms with van der Waals surface area (Å²) in [6.07, 6.45) is 1.07. The van der Waals surface area contributed by atoms with E-state index in [0.717, 1.165) is 4.90 Å². The Balaban J connectivity index is 2.64. The third kappa shape index (κ3) is 0.734. The van der Waals surface area contributed by atoms with Gasteiger partial charge in [-0.2, -0.15) is 0 Å². The van der Waals surface area contributed by atoms with E-state index in [1.165, 1.54) is 0 Å². The fourth-order valence-electron chi connectivity index (χ4n) is 0.648. The molecule has 0 bridgehead atoms. The number of amides is 1. The number of likely N-dealkylation sites (tertiary alicyclic amines) is 1. The van der Waals surface area contributed by atoms with Crippen LogP contribution < -0.4 is 0 Å². The van der Waals surface area contributed by atoms with Crippen molar-refractivity contribution in [3.8, 4) is 0 Å². The highest BCUT2D eigenvalue weighted by atomic mass is 16.2. The van der Waals surface area contributed by atoms with Crippen molar-refractivity contribution in [3.05, 3.63) is 0 Å². The summed E-state index contributed by atoms with van der Waals surface area (Å²) in [5.74, 6) is -0.250. The average molecular weight is 102 g/mol. The van der Waals surface area contributed by atoms with Gasteiger partial charge in [0.2, 0.25) is 5.91 Å². The molecule has 1 rings (SSSR count). The Morgan fingerprint density at radius 1 is 2.00 bits per heavy atom. The molecule has 0 saturated carbocycles. The third-order valence-corrected chi connectivity index (χ3v) is 1.07. The highest BCUT2D eigenvalue weighted by Gasteiger charge is 2.14. The van der Waals surface area contributed by atoms with Crippen molar-refractivity contribution in [2.45, 2.75) is 12.8 Å². The molecular formula is C5H9NO. The summed E-state index contributed by atoms with van der Waals surface area (Å²) in [6.45, 7) is -1.83. The van der Waals surface area contributed by atoms with Gasteiger partial charge in [0.15, 0.2) is 0 Å². The van der Waals surface area contributed by atoms with E-state index in [1.54, 1.807) is 0 Å². The van der Waals surface area contributed by atoms with Gasteiger partial charge in [-0.05, 0) is 6.42 Å². The minimum absolute atomic E-state index is 0.250. The Morgan fingerprint density at radius 2 is 2.86 bits per heavy atom. The molecule has 1 fully saturated rings. The molecular weight excluding hydrogens is 90.1 g/mol. The summed E-state index contributed by atoms with van der Waals surface area (Å²) in [5.41, 5.74) is 0. The summed E-state index contributed by atoms with van der Waals surface area (Å²) in [7, 11) is 0. The van der Waals surface area contributed by atoms with E-state index in [9.17, 15) is 4.79 Å². The van der Waals surface area contributed by atoms with Gasteiger partial charge >= 0.3 is 0 Å². The van der Waals surface area contributed by atoms with Gasteiger partial charge in [0.25, 0.3) is 0 Å². The Labute approximate surface area is 47.3 Å². The lowest BCUT2D eigenvalue weighted by Gasteiger charge is -2.03. The summed E-state index contributed by atoms with van der Waals surface area (Å²) in [4.78, 5) is 11.7. The van der Waals surface area contributed by atoms with Crippen LogP contribution in [0, 0.1) is 0 Å². The predicted molar refractivity (Wildman–Crippen MR) is 26.9 cm³/mol. The van der Waals surface area contributed by atoms with Crippen molar-refractivity contribution < 1.29 is 8.91 Å². The van der Waals surface area contributed by atoms with Gasteiger partial charge in [0.1, 0.15) is 0 Å². The summed E-state index contributed by atoms with van der Waals surface area (Å²) >= 11 is 0. The second kappa shape index (κ2) is 1.52. The van der Waals surface area contributed by atoms with E-state index in [4.69, 9.17) is 4.11 Å². The van der Waals surface area contributed by atoms with Crippen LogP contribution in [0.2, 0.25) is 0 Å². The topological polar surface area (TPSA) is 20.3 Å². The van der Waals surface area contributed by atoms with E-state index in [1.807, 2.05) is 0 Å². The summed E-state index contributed by atoms with van der Waals surface area (Å²) in [6, 6.07) is 0. The molecule has 2 heteroatoms. The molecule has 0 aromatic rings. The minimum Gasteiger partial charge on any atom is -0.346 e. The standard InChI is InChI=1S/C5H9NO/c1-6-4-2-3-5(6)7/h2-4H2,1H3/i1D3. The number of rotatable bonds is 0. The number of hydrogen-bond acceptors (Lipinski definition) is 1. The van der Waals surface area contributed by atoms with Crippen molar-refractivity contribution in [2.75, 3.05) is 13.5 Å². The van der Waals surface area contributed by atoms with Crippen molar-refractivity contribution in [3.63, 3.8) is 0 Å². The smallest absolute Gasteiger partial charge is 0.222 e. The van der Waals surface area contributed by atoms with Crippen LogP contribution in [0.25, 0.3) is 0 Å². The second-order valence-corrected chi connectivity index (χ2v) is 1.65. The van der Waals surface area contributed by atoms with E-state index >= 15 is 0 Å². The van der Waals surface area contributed by atoms with Crippen molar-refractivity contribution in [1.82, 2.24) is 4.90 Å². The quantitative estimate of drug-likeness (QED) is 0.429. The molecule has 1 aliphatic rings. The largest absolute Gasteiger partial charge is 0.346 e. The number of nitrogens with zero attached hydrogens (tertiary/aromatic N) is 1. The molecule has 7 heavy (non-hydrogen) atoms. The SMILES string of the molecule is [2H]C([2H])([2H])N1CCCC1=O. The molecule has 0 unspecified atom stereocenters. The van der Waals surface area contributed by atoms with E-state index in [-0.39, 0.29) is 5.91 Å². The van der Waals surface area contributed by atoms with Gasteiger partial charge in [0, 0.05) is 24.1 Å². The van der Waals surface area contributed by atoms with E-state index < -0.39 is 6.98 Å². The van der Waals surface area contributed by atoms with Crippen LogP contribution >= 0.6 is 0 Å². The fraction of sp³-hybridized carbons (Fsp3) is 0.800. The van der Waals surface area contributed by atoms with Crippen LogP contribution in [-0.4, -0.2) is 24.3 Å². The molecule has 2 nitrogen and oxygen atoms in total. The van der Waals surface area contributed by atoms with Gasteiger partial charge in [-0.3, -0.25) is 4.79 Å². The number of carbonyl (C=O) groups excluding carboxylic acids is 1. The van der Waals surface area contributed by atoms with Crippen LogP contribution in [0.3, 0.4) is 0 Å². The van der Waals surface area contributed by atoms with E-state index in [0.29, 0.717) is 19.4 Å². The molecule has 0 N–H and O–H groups in total. The molecule has 1 heterocycles. The number of carbonyl (C=O) groups is 1. The van der Waals surface area contributed by atoms with Crippen LogP contribution in [0.4, 0.5) is 0 Å². The van der Waals surface area contributed by atoms with E-state index in [2.05, 4.69) is 0 Å². The molecule has 0 aromatic carbocycles. The van der Waals surface area contributed by atoms with Gasteiger partial charge in [-0.1, -0.05) is 0 Å². The summed E-state index contributed by atoms with van der Waals surface area (Å²) < 4.78 is 20.7. The van der Waals surface area contributed by atoms with Gasteiger partial charge < -0.3 is 4.90 Å². The maximum absolute atomic E-state index is 10.8. The first-order valence-electron chi connectivity index (χ1n) is 3.82.